The molecule has 1 aliphatic rings. The first kappa shape index (κ1) is 5.56. The van der Waals surface area contributed by atoms with Crippen LogP contribution in [0.5, 0.6) is 0 Å². The van der Waals surface area contributed by atoms with Gasteiger partial charge in [-0.05, 0) is 6.92 Å². The average Bonchev–Trinajstić information content (AvgIpc) is 2.17. The maximum absolute atomic E-state index is 8.68. The first-order valence-electron chi connectivity index (χ1n) is 2.64. The molecule has 3 heteroatoms. The summed E-state index contributed by atoms with van der Waals surface area (Å²) >= 11 is 0. The molecule has 0 saturated heterocycles. The van der Waals surface area contributed by atoms with E-state index in [0.717, 1.165) is 0 Å². The van der Waals surface area contributed by atoms with Crippen LogP contribution in [0.2, 0.25) is 0 Å². The summed E-state index contributed by atoms with van der Waals surface area (Å²) < 4.78 is 0. The molecule has 1 unspecified atom stereocenters. The van der Waals surface area contributed by atoms with Crippen molar-refractivity contribution in [1.82, 2.24) is 5.32 Å². The highest BCUT2D eigenvalue weighted by Crippen LogP contribution is 2.04. The number of rotatable bonds is 1. The van der Waals surface area contributed by atoms with Crippen LogP contribution < -0.4 is 5.32 Å². The van der Waals surface area contributed by atoms with Crippen molar-refractivity contribution in [2.75, 3.05) is 13.2 Å². The molecule has 1 rings (SSSR count). The fraction of sp³-hybridized carbons (Fsp3) is 0.800. The van der Waals surface area contributed by atoms with Gasteiger partial charge in [-0.15, -0.1) is 0 Å². The van der Waals surface area contributed by atoms with Gasteiger partial charge in [0, 0.05) is 0 Å². The second-order valence-corrected chi connectivity index (χ2v) is 2.33. The van der Waals surface area contributed by atoms with Gasteiger partial charge in [0.15, 0.2) is 0 Å². The van der Waals surface area contributed by atoms with Gasteiger partial charge in [-0.1, -0.05) is 0 Å². The van der Waals surface area contributed by atoms with Gasteiger partial charge >= 0.3 is 0 Å². The summed E-state index contributed by atoms with van der Waals surface area (Å²) in [7, 11) is 0. The Kier molecular flexibility index (Phi) is 1.21. The van der Waals surface area contributed by atoms with Crippen LogP contribution in [0.1, 0.15) is 6.92 Å². The summed E-state index contributed by atoms with van der Waals surface area (Å²) in [6, 6.07) is 0. The second-order valence-electron chi connectivity index (χ2n) is 2.33. The smallest absolute Gasteiger partial charge is 0.0830 e. The van der Waals surface area contributed by atoms with Crippen molar-refractivity contribution in [3.8, 4) is 0 Å². The number of aliphatic imine (C=N–C) groups is 1. The lowest BCUT2D eigenvalue weighted by Gasteiger charge is -2.19. The van der Waals surface area contributed by atoms with Crippen LogP contribution in [0.15, 0.2) is 4.99 Å². The fourth-order valence-electron chi connectivity index (χ4n) is 0.590. The maximum Gasteiger partial charge on any atom is 0.0830 e. The van der Waals surface area contributed by atoms with Crippen molar-refractivity contribution in [1.29, 1.82) is 0 Å². The molecular formula is C5H10N2O. The van der Waals surface area contributed by atoms with Gasteiger partial charge in [0.25, 0.3) is 0 Å². The third-order valence-electron chi connectivity index (χ3n) is 1.29. The Balaban J connectivity index is 2.46. The van der Waals surface area contributed by atoms with Gasteiger partial charge in [0.05, 0.1) is 25.0 Å². The molecule has 0 radical (unpaired) electrons. The molecule has 0 amide bonds. The molecule has 0 aromatic carbocycles. The van der Waals surface area contributed by atoms with Crippen molar-refractivity contribution in [3.05, 3.63) is 0 Å². The number of nitrogens with zero attached hydrogens (tertiary/aromatic N) is 1. The molecule has 0 saturated carbocycles. The Morgan fingerprint density at radius 3 is 3.00 bits per heavy atom. The van der Waals surface area contributed by atoms with Gasteiger partial charge in [0.1, 0.15) is 0 Å². The highest BCUT2D eigenvalue weighted by molar-refractivity contribution is 5.58. The van der Waals surface area contributed by atoms with E-state index in [2.05, 4.69) is 10.3 Å². The third-order valence-corrected chi connectivity index (χ3v) is 1.29. The molecular weight excluding hydrogens is 104 g/mol. The first-order chi connectivity index (χ1) is 3.77. The highest BCUT2D eigenvalue weighted by Gasteiger charge is 2.23. The quantitative estimate of drug-likeness (QED) is 0.476. The van der Waals surface area contributed by atoms with Gasteiger partial charge in [-0.25, -0.2) is 0 Å². The van der Waals surface area contributed by atoms with E-state index in [4.69, 9.17) is 5.11 Å². The fourth-order valence-corrected chi connectivity index (χ4v) is 0.590. The Morgan fingerprint density at radius 2 is 2.75 bits per heavy atom. The number of aliphatic hydroxyl groups excluding tert-OH is 1. The lowest BCUT2D eigenvalue weighted by atomic mass is 10.1. The van der Waals surface area contributed by atoms with E-state index in [-0.39, 0.29) is 12.1 Å². The minimum absolute atomic E-state index is 0.146. The maximum atomic E-state index is 8.68. The zero-order valence-electron chi connectivity index (χ0n) is 4.89. The van der Waals surface area contributed by atoms with E-state index in [1.54, 1.807) is 6.34 Å². The van der Waals surface area contributed by atoms with Crippen LogP contribution >= 0.6 is 0 Å². The average molecular weight is 114 g/mol. The molecule has 0 aliphatic carbocycles. The summed E-state index contributed by atoms with van der Waals surface area (Å²) in [6.45, 7) is 2.76. The molecule has 1 aliphatic heterocycles. The van der Waals surface area contributed by atoms with Gasteiger partial charge in [-0.3, -0.25) is 4.99 Å². The molecule has 46 valence electrons. The van der Waals surface area contributed by atoms with Gasteiger partial charge in [-0.2, -0.15) is 0 Å². The second kappa shape index (κ2) is 1.74. The van der Waals surface area contributed by atoms with E-state index in [1.165, 1.54) is 0 Å². The van der Waals surface area contributed by atoms with Gasteiger partial charge < -0.3 is 10.4 Å². The molecule has 0 spiro atoms. The van der Waals surface area contributed by atoms with Crippen molar-refractivity contribution in [2.24, 2.45) is 4.99 Å². The monoisotopic (exact) mass is 114 g/mol. The zero-order chi connectivity index (χ0) is 6.04. The standard InChI is InChI=1S/C5H10N2O/c1-5(3-8)2-6-4-7-5/h4,8H,2-3H2,1H3,(H,6,7). The van der Waals surface area contributed by atoms with Crippen LogP contribution in [0.25, 0.3) is 0 Å². The topological polar surface area (TPSA) is 44.6 Å². The molecule has 2 N–H and O–H groups in total. The van der Waals surface area contributed by atoms with E-state index in [0.29, 0.717) is 6.54 Å². The van der Waals surface area contributed by atoms with Crippen LogP contribution in [0.4, 0.5) is 0 Å². The third kappa shape index (κ3) is 0.816. The van der Waals surface area contributed by atoms with Crippen LogP contribution in [-0.2, 0) is 0 Å². The number of aliphatic hydroxyl groups is 1. The summed E-state index contributed by atoms with van der Waals surface area (Å²) in [5.74, 6) is 0. The number of nitrogens with one attached hydrogen (secondary N) is 1. The Bertz CT molecular complexity index is 103. The van der Waals surface area contributed by atoms with Crippen molar-refractivity contribution in [3.63, 3.8) is 0 Å². The molecule has 1 atom stereocenters. The molecule has 3 nitrogen and oxygen atoms in total. The number of hydrogen-bond donors (Lipinski definition) is 2. The van der Waals surface area contributed by atoms with Crippen LogP contribution in [0, 0.1) is 0 Å². The predicted molar refractivity (Wildman–Crippen MR) is 32.0 cm³/mol. The highest BCUT2D eigenvalue weighted by atomic mass is 16.3. The van der Waals surface area contributed by atoms with E-state index < -0.39 is 0 Å². The number of hydrogen-bond acceptors (Lipinski definition) is 3. The summed E-state index contributed by atoms with van der Waals surface area (Å²) in [6.07, 6.45) is 1.64. The van der Waals surface area contributed by atoms with Crippen molar-refractivity contribution in [2.45, 2.75) is 12.5 Å². The minimum Gasteiger partial charge on any atom is -0.394 e. The zero-order valence-corrected chi connectivity index (χ0v) is 4.89. The predicted octanol–water partition coefficient (Wildman–Crippen LogP) is -0.631. The van der Waals surface area contributed by atoms with Gasteiger partial charge in [0.2, 0.25) is 0 Å². The molecule has 0 bridgehead atoms. The summed E-state index contributed by atoms with van der Waals surface area (Å²) in [5, 5.41) is 11.6. The Labute approximate surface area is 48.4 Å². The van der Waals surface area contributed by atoms with Crippen LogP contribution in [-0.4, -0.2) is 30.1 Å². The molecule has 1 heterocycles. The van der Waals surface area contributed by atoms with Crippen molar-refractivity contribution < 1.29 is 5.11 Å². The van der Waals surface area contributed by atoms with E-state index in [1.807, 2.05) is 6.92 Å². The first-order valence-corrected chi connectivity index (χ1v) is 2.64. The van der Waals surface area contributed by atoms with E-state index in [9.17, 15) is 0 Å². The molecule has 0 fully saturated rings. The summed E-state index contributed by atoms with van der Waals surface area (Å²) in [4.78, 5) is 3.91. The molecule has 0 aromatic rings. The lowest BCUT2D eigenvalue weighted by Crippen LogP contribution is -2.43. The molecule has 8 heavy (non-hydrogen) atoms. The van der Waals surface area contributed by atoms with Crippen LogP contribution in [0.3, 0.4) is 0 Å². The normalized spacial score (nSPS) is 35.2. The van der Waals surface area contributed by atoms with Crippen molar-refractivity contribution >= 4 is 6.34 Å². The largest absolute Gasteiger partial charge is 0.394 e. The minimum atomic E-state index is -0.181. The molecule has 0 aromatic heterocycles. The lowest BCUT2D eigenvalue weighted by molar-refractivity contribution is 0.206. The Morgan fingerprint density at radius 1 is 2.00 bits per heavy atom. The Hall–Kier alpha value is -0.570. The SMILES string of the molecule is CC1(CO)CN=CN1. The summed E-state index contributed by atoms with van der Waals surface area (Å²) in [5.41, 5.74) is -0.181. The van der Waals surface area contributed by atoms with E-state index >= 15 is 0 Å².